The monoisotopic (exact) mass is 250 g/mol. The maximum atomic E-state index is 13.3. The summed E-state index contributed by atoms with van der Waals surface area (Å²) in [5.74, 6) is -1.57. The van der Waals surface area contributed by atoms with Gasteiger partial charge < -0.3 is 5.32 Å². The van der Waals surface area contributed by atoms with E-state index >= 15 is 0 Å². The number of hydrogen-bond donors (Lipinski definition) is 1. The third-order valence-electron chi connectivity index (χ3n) is 2.98. The maximum absolute atomic E-state index is 13.3. The second-order valence-electron chi connectivity index (χ2n) is 4.48. The third kappa shape index (κ3) is 2.83. The SMILES string of the molecule is N#CC1(NC(=O)CCc2ccc(F)cc2F)CC1. The zero-order chi connectivity index (χ0) is 13.2. The Morgan fingerprint density at radius 3 is 2.72 bits per heavy atom. The number of halogens is 2. The summed E-state index contributed by atoms with van der Waals surface area (Å²) < 4.78 is 26.0. The van der Waals surface area contributed by atoms with Crippen LogP contribution in [0, 0.1) is 23.0 Å². The van der Waals surface area contributed by atoms with Gasteiger partial charge >= 0.3 is 0 Å². The molecule has 94 valence electrons. The first-order chi connectivity index (χ1) is 8.54. The molecular formula is C13H12F2N2O. The lowest BCUT2D eigenvalue weighted by Crippen LogP contribution is -2.35. The molecule has 0 spiro atoms. The zero-order valence-corrected chi connectivity index (χ0v) is 9.67. The summed E-state index contributed by atoms with van der Waals surface area (Å²) in [5, 5.41) is 11.4. The van der Waals surface area contributed by atoms with Gasteiger partial charge in [0.25, 0.3) is 0 Å². The maximum Gasteiger partial charge on any atom is 0.221 e. The third-order valence-corrected chi connectivity index (χ3v) is 2.98. The molecule has 1 amide bonds. The van der Waals surface area contributed by atoms with Crippen LogP contribution in [0.25, 0.3) is 0 Å². The van der Waals surface area contributed by atoms with Gasteiger partial charge in [-0.2, -0.15) is 5.26 Å². The van der Waals surface area contributed by atoms with Gasteiger partial charge in [-0.1, -0.05) is 6.07 Å². The highest BCUT2D eigenvalue weighted by Crippen LogP contribution is 2.34. The number of nitrogens with one attached hydrogen (secondary N) is 1. The van der Waals surface area contributed by atoms with Gasteiger partial charge in [0.1, 0.15) is 17.2 Å². The van der Waals surface area contributed by atoms with Crippen molar-refractivity contribution in [3.8, 4) is 6.07 Å². The molecule has 0 atom stereocenters. The van der Waals surface area contributed by atoms with Gasteiger partial charge in [-0.05, 0) is 30.9 Å². The minimum atomic E-state index is -0.696. The second-order valence-corrected chi connectivity index (χ2v) is 4.48. The van der Waals surface area contributed by atoms with Crippen LogP contribution in [0.3, 0.4) is 0 Å². The quantitative estimate of drug-likeness (QED) is 0.889. The predicted molar refractivity (Wildman–Crippen MR) is 60.4 cm³/mol. The summed E-state index contributed by atoms with van der Waals surface area (Å²) in [6.07, 6.45) is 1.62. The van der Waals surface area contributed by atoms with E-state index in [-0.39, 0.29) is 18.7 Å². The predicted octanol–water partition coefficient (Wildman–Crippen LogP) is 2.07. The van der Waals surface area contributed by atoms with Gasteiger partial charge in [0.15, 0.2) is 0 Å². The molecule has 0 aromatic heterocycles. The number of carbonyl (C=O) groups is 1. The van der Waals surface area contributed by atoms with E-state index in [9.17, 15) is 13.6 Å². The van der Waals surface area contributed by atoms with Crippen molar-refractivity contribution in [3.63, 3.8) is 0 Å². The summed E-state index contributed by atoms with van der Waals surface area (Å²) in [5.41, 5.74) is -0.397. The van der Waals surface area contributed by atoms with Crippen LogP contribution in [0.4, 0.5) is 8.78 Å². The highest BCUT2D eigenvalue weighted by molar-refractivity contribution is 5.78. The normalized spacial score (nSPS) is 15.8. The van der Waals surface area contributed by atoms with Crippen molar-refractivity contribution in [3.05, 3.63) is 35.4 Å². The molecule has 0 heterocycles. The lowest BCUT2D eigenvalue weighted by atomic mass is 10.1. The first-order valence-corrected chi connectivity index (χ1v) is 5.71. The fourth-order valence-electron chi connectivity index (χ4n) is 1.69. The molecule has 1 fully saturated rings. The molecule has 0 saturated heterocycles. The Labute approximate surface area is 103 Å². The van der Waals surface area contributed by atoms with Gasteiger partial charge in [0.05, 0.1) is 6.07 Å². The number of amides is 1. The average molecular weight is 250 g/mol. The molecule has 1 saturated carbocycles. The van der Waals surface area contributed by atoms with E-state index in [4.69, 9.17) is 5.26 Å². The number of hydrogen-bond acceptors (Lipinski definition) is 2. The lowest BCUT2D eigenvalue weighted by molar-refractivity contribution is -0.121. The van der Waals surface area contributed by atoms with Crippen LogP contribution < -0.4 is 5.32 Å². The highest BCUT2D eigenvalue weighted by Gasteiger charge is 2.44. The first-order valence-electron chi connectivity index (χ1n) is 5.71. The van der Waals surface area contributed by atoms with Crippen LogP contribution in [0.2, 0.25) is 0 Å². The minimum absolute atomic E-state index is 0.0893. The molecule has 3 nitrogen and oxygen atoms in total. The molecule has 1 aromatic rings. The number of nitriles is 1. The molecule has 1 aliphatic carbocycles. The summed E-state index contributed by atoms with van der Waals surface area (Å²) in [6, 6.07) is 5.33. The Bertz CT molecular complexity index is 518. The molecule has 1 aromatic carbocycles. The molecule has 2 rings (SSSR count). The Hall–Kier alpha value is -1.96. The van der Waals surface area contributed by atoms with Crippen molar-refractivity contribution in [2.24, 2.45) is 0 Å². The standard InChI is InChI=1S/C13H12F2N2O/c14-10-3-1-9(11(15)7-10)2-4-12(18)17-13(8-16)5-6-13/h1,3,7H,2,4-6H2,(H,17,18). The van der Waals surface area contributed by atoms with Crippen LogP contribution in [-0.4, -0.2) is 11.4 Å². The van der Waals surface area contributed by atoms with E-state index in [1.54, 1.807) is 0 Å². The second kappa shape index (κ2) is 4.73. The largest absolute Gasteiger partial charge is 0.338 e. The van der Waals surface area contributed by atoms with Crippen LogP contribution in [0.1, 0.15) is 24.8 Å². The van der Waals surface area contributed by atoms with E-state index < -0.39 is 17.2 Å². The molecule has 0 bridgehead atoms. The molecule has 1 aliphatic rings. The summed E-state index contributed by atoms with van der Waals surface area (Å²) in [6.45, 7) is 0. The number of carbonyl (C=O) groups excluding carboxylic acids is 1. The fourth-order valence-corrected chi connectivity index (χ4v) is 1.69. The summed E-state index contributed by atoms with van der Waals surface area (Å²) in [4.78, 5) is 11.6. The van der Waals surface area contributed by atoms with Gasteiger partial charge in [-0.3, -0.25) is 4.79 Å². The van der Waals surface area contributed by atoms with Crippen LogP contribution in [0.5, 0.6) is 0 Å². The van der Waals surface area contributed by atoms with Crippen molar-refractivity contribution in [2.75, 3.05) is 0 Å². The van der Waals surface area contributed by atoms with Crippen LogP contribution >= 0.6 is 0 Å². The number of benzene rings is 1. The summed E-state index contributed by atoms with van der Waals surface area (Å²) in [7, 11) is 0. The van der Waals surface area contributed by atoms with Crippen LogP contribution in [0.15, 0.2) is 18.2 Å². The van der Waals surface area contributed by atoms with Crippen LogP contribution in [-0.2, 0) is 11.2 Å². The topological polar surface area (TPSA) is 52.9 Å². The Balaban J connectivity index is 1.88. The molecule has 0 unspecified atom stereocenters. The number of nitrogens with zero attached hydrogens (tertiary/aromatic N) is 1. The molecular weight excluding hydrogens is 238 g/mol. The van der Waals surface area contributed by atoms with E-state index in [2.05, 4.69) is 5.32 Å². The van der Waals surface area contributed by atoms with Crippen molar-refractivity contribution < 1.29 is 13.6 Å². The van der Waals surface area contributed by atoms with Gasteiger partial charge in [-0.25, -0.2) is 8.78 Å². The van der Waals surface area contributed by atoms with Crippen molar-refractivity contribution >= 4 is 5.91 Å². The van der Waals surface area contributed by atoms with E-state index in [1.807, 2.05) is 6.07 Å². The lowest BCUT2D eigenvalue weighted by Gasteiger charge is -2.09. The Morgan fingerprint density at radius 2 is 2.17 bits per heavy atom. The molecule has 1 N–H and O–H groups in total. The minimum Gasteiger partial charge on any atom is -0.338 e. The van der Waals surface area contributed by atoms with E-state index in [0.717, 1.165) is 12.1 Å². The smallest absolute Gasteiger partial charge is 0.221 e. The molecule has 0 aliphatic heterocycles. The van der Waals surface area contributed by atoms with Gasteiger partial charge in [-0.15, -0.1) is 0 Å². The van der Waals surface area contributed by atoms with Gasteiger partial charge in [0, 0.05) is 12.5 Å². The number of aryl methyl sites for hydroxylation is 1. The molecule has 5 heteroatoms. The molecule has 0 radical (unpaired) electrons. The zero-order valence-electron chi connectivity index (χ0n) is 9.67. The van der Waals surface area contributed by atoms with Crippen molar-refractivity contribution in [1.29, 1.82) is 5.26 Å². The van der Waals surface area contributed by atoms with E-state index in [0.29, 0.717) is 18.4 Å². The fraction of sp³-hybridized carbons (Fsp3) is 0.385. The highest BCUT2D eigenvalue weighted by atomic mass is 19.1. The van der Waals surface area contributed by atoms with E-state index in [1.165, 1.54) is 6.07 Å². The number of rotatable bonds is 4. The Morgan fingerprint density at radius 1 is 1.44 bits per heavy atom. The van der Waals surface area contributed by atoms with Crippen molar-refractivity contribution in [2.45, 2.75) is 31.2 Å². The Kier molecular flexibility index (Phi) is 3.28. The van der Waals surface area contributed by atoms with Gasteiger partial charge in [0.2, 0.25) is 5.91 Å². The first kappa shape index (κ1) is 12.5. The average Bonchev–Trinajstić information content (AvgIpc) is 3.08. The van der Waals surface area contributed by atoms with Crippen molar-refractivity contribution in [1.82, 2.24) is 5.32 Å². The molecule has 18 heavy (non-hydrogen) atoms. The summed E-state index contributed by atoms with van der Waals surface area (Å²) >= 11 is 0.